The normalized spacial score (nSPS) is 14.2. The van der Waals surface area contributed by atoms with E-state index in [4.69, 9.17) is 18.0 Å². The smallest absolute Gasteiger partial charge is 0.106 e. The van der Waals surface area contributed by atoms with Crippen molar-refractivity contribution >= 4 is 34.2 Å². The largest absolute Gasteiger partial charge is 0.389 e. The lowest BCUT2D eigenvalue weighted by molar-refractivity contribution is 0.802. The molecule has 0 saturated heterocycles. The molecule has 20 heavy (non-hydrogen) atoms. The predicted octanol–water partition coefficient (Wildman–Crippen LogP) is 3.86. The van der Waals surface area contributed by atoms with Crippen molar-refractivity contribution in [1.29, 1.82) is 0 Å². The molecule has 2 nitrogen and oxygen atoms in total. The number of hydrogen-bond donors (Lipinski definition) is 1. The van der Waals surface area contributed by atoms with Gasteiger partial charge in [-0.25, -0.2) is 0 Å². The SMILES string of the molecule is Cc1ccc(C(N)=S)c(N(Cc2cccs2)C2CC2)c1. The summed E-state index contributed by atoms with van der Waals surface area (Å²) in [5, 5.41) is 2.13. The van der Waals surface area contributed by atoms with Gasteiger partial charge in [0.1, 0.15) is 4.99 Å². The molecule has 2 N–H and O–H groups in total. The fourth-order valence-corrected chi connectivity index (χ4v) is 3.33. The highest BCUT2D eigenvalue weighted by Crippen LogP contribution is 2.36. The maximum Gasteiger partial charge on any atom is 0.106 e. The third-order valence-electron chi connectivity index (χ3n) is 3.62. The van der Waals surface area contributed by atoms with Gasteiger partial charge in [0.2, 0.25) is 0 Å². The molecule has 0 radical (unpaired) electrons. The second kappa shape index (κ2) is 5.54. The summed E-state index contributed by atoms with van der Waals surface area (Å²) >= 11 is 7.02. The molecule has 1 saturated carbocycles. The summed E-state index contributed by atoms with van der Waals surface area (Å²) in [5.74, 6) is 0. The first-order chi connectivity index (χ1) is 9.65. The van der Waals surface area contributed by atoms with Crippen molar-refractivity contribution in [3.05, 3.63) is 51.7 Å². The van der Waals surface area contributed by atoms with Crippen LogP contribution in [0.15, 0.2) is 35.7 Å². The summed E-state index contributed by atoms with van der Waals surface area (Å²) in [6, 6.07) is 11.3. The van der Waals surface area contributed by atoms with E-state index in [9.17, 15) is 0 Å². The molecule has 4 heteroatoms. The number of aryl methyl sites for hydroxylation is 1. The van der Waals surface area contributed by atoms with Crippen LogP contribution in [0.2, 0.25) is 0 Å². The van der Waals surface area contributed by atoms with E-state index in [-0.39, 0.29) is 0 Å². The molecule has 0 spiro atoms. The molecule has 1 aliphatic rings. The van der Waals surface area contributed by atoms with Crippen molar-refractivity contribution in [2.45, 2.75) is 32.4 Å². The Morgan fingerprint density at radius 2 is 2.20 bits per heavy atom. The highest BCUT2D eigenvalue weighted by atomic mass is 32.1. The van der Waals surface area contributed by atoms with Crippen LogP contribution in [0.4, 0.5) is 5.69 Å². The monoisotopic (exact) mass is 302 g/mol. The van der Waals surface area contributed by atoms with E-state index in [1.807, 2.05) is 0 Å². The van der Waals surface area contributed by atoms with Gasteiger partial charge in [0.25, 0.3) is 0 Å². The van der Waals surface area contributed by atoms with E-state index in [0.29, 0.717) is 11.0 Å². The summed E-state index contributed by atoms with van der Waals surface area (Å²) in [7, 11) is 0. The molecule has 1 aromatic heterocycles. The summed E-state index contributed by atoms with van der Waals surface area (Å²) < 4.78 is 0. The number of thiophene rings is 1. The maximum atomic E-state index is 5.90. The molecule has 0 unspecified atom stereocenters. The predicted molar refractivity (Wildman–Crippen MR) is 90.6 cm³/mol. The van der Waals surface area contributed by atoms with Crippen LogP contribution in [-0.4, -0.2) is 11.0 Å². The molecule has 2 aromatic rings. The number of rotatable bonds is 5. The fraction of sp³-hybridized carbons (Fsp3) is 0.312. The molecular weight excluding hydrogens is 284 g/mol. The van der Waals surface area contributed by atoms with E-state index in [1.165, 1.54) is 29.0 Å². The lowest BCUT2D eigenvalue weighted by atomic mass is 10.1. The molecule has 104 valence electrons. The molecule has 0 aliphatic heterocycles. The van der Waals surface area contributed by atoms with E-state index < -0.39 is 0 Å². The lowest BCUT2D eigenvalue weighted by Crippen LogP contribution is -2.27. The molecule has 1 heterocycles. The molecule has 0 amide bonds. The first-order valence-electron chi connectivity index (χ1n) is 6.84. The van der Waals surface area contributed by atoms with Crippen LogP contribution in [-0.2, 0) is 6.54 Å². The third-order valence-corrected chi connectivity index (χ3v) is 4.70. The molecule has 0 bridgehead atoms. The highest BCUT2D eigenvalue weighted by Gasteiger charge is 2.31. The molecule has 1 aromatic carbocycles. The summed E-state index contributed by atoms with van der Waals surface area (Å²) in [5.41, 5.74) is 9.33. The van der Waals surface area contributed by atoms with Gasteiger partial charge in [-0.1, -0.05) is 24.4 Å². The van der Waals surface area contributed by atoms with Crippen molar-refractivity contribution in [1.82, 2.24) is 0 Å². The number of nitrogens with two attached hydrogens (primary N) is 1. The zero-order valence-electron chi connectivity index (χ0n) is 11.5. The average molecular weight is 302 g/mol. The average Bonchev–Trinajstić information content (AvgIpc) is 3.12. The Balaban J connectivity index is 1.98. The van der Waals surface area contributed by atoms with Crippen LogP contribution < -0.4 is 10.6 Å². The Labute approximate surface area is 129 Å². The zero-order chi connectivity index (χ0) is 14.1. The van der Waals surface area contributed by atoms with E-state index in [0.717, 1.165) is 12.1 Å². The van der Waals surface area contributed by atoms with Crippen LogP contribution in [0.25, 0.3) is 0 Å². The maximum absolute atomic E-state index is 5.90. The zero-order valence-corrected chi connectivity index (χ0v) is 13.1. The Bertz CT molecular complexity index is 615. The summed E-state index contributed by atoms with van der Waals surface area (Å²) in [4.78, 5) is 4.33. The van der Waals surface area contributed by atoms with Crippen molar-refractivity contribution in [3.63, 3.8) is 0 Å². The standard InChI is InChI=1S/C16H18N2S2/c1-11-4-7-14(16(17)19)15(9-11)18(12-5-6-12)10-13-3-2-8-20-13/h2-4,7-9,12H,5-6,10H2,1H3,(H2,17,19). The Morgan fingerprint density at radius 3 is 2.80 bits per heavy atom. The topological polar surface area (TPSA) is 29.3 Å². The first-order valence-corrected chi connectivity index (χ1v) is 8.13. The van der Waals surface area contributed by atoms with Crippen LogP contribution in [0.3, 0.4) is 0 Å². The van der Waals surface area contributed by atoms with Crippen molar-refractivity contribution in [2.75, 3.05) is 4.90 Å². The Kier molecular flexibility index (Phi) is 3.76. The fourth-order valence-electron chi connectivity index (χ4n) is 2.46. The quantitative estimate of drug-likeness (QED) is 0.850. The first kappa shape index (κ1) is 13.6. The lowest BCUT2D eigenvalue weighted by Gasteiger charge is -2.27. The van der Waals surface area contributed by atoms with E-state index in [2.05, 4.69) is 47.5 Å². The van der Waals surface area contributed by atoms with Crippen LogP contribution in [0, 0.1) is 6.92 Å². The van der Waals surface area contributed by atoms with Gasteiger partial charge in [-0.15, -0.1) is 11.3 Å². The van der Waals surface area contributed by atoms with Gasteiger partial charge in [0.15, 0.2) is 0 Å². The summed E-state index contributed by atoms with van der Waals surface area (Å²) in [6.45, 7) is 3.06. The van der Waals surface area contributed by atoms with Gasteiger partial charge in [-0.05, 0) is 48.9 Å². The minimum atomic E-state index is 0.483. The van der Waals surface area contributed by atoms with Crippen molar-refractivity contribution < 1.29 is 0 Å². The van der Waals surface area contributed by atoms with E-state index in [1.54, 1.807) is 11.3 Å². The minimum Gasteiger partial charge on any atom is -0.389 e. The molecule has 0 atom stereocenters. The van der Waals surface area contributed by atoms with Gasteiger partial charge in [0.05, 0.1) is 6.54 Å². The molecule has 3 rings (SSSR count). The second-order valence-electron chi connectivity index (χ2n) is 5.32. The van der Waals surface area contributed by atoms with Crippen molar-refractivity contribution in [3.8, 4) is 0 Å². The Hall–Kier alpha value is -1.39. The number of benzene rings is 1. The van der Waals surface area contributed by atoms with Crippen LogP contribution in [0.5, 0.6) is 0 Å². The molecule has 1 fully saturated rings. The minimum absolute atomic E-state index is 0.483. The number of thiocarbonyl (C=S) groups is 1. The Morgan fingerprint density at radius 1 is 1.40 bits per heavy atom. The summed E-state index contributed by atoms with van der Waals surface area (Å²) in [6.07, 6.45) is 2.52. The number of nitrogens with zero attached hydrogens (tertiary/aromatic N) is 1. The number of anilines is 1. The highest BCUT2D eigenvalue weighted by molar-refractivity contribution is 7.80. The van der Waals surface area contributed by atoms with Gasteiger partial charge in [0, 0.05) is 22.2 Å². The van der Waals surface area contributed by atoms with Crippen LogP contribution in [0.1, 0.15) is 28.8 Å². The van der Waals surface area contributed by atoms with Gasteiger partial charge in [-0.3, -0.25) is 0 Å². The molecular formula is C16H18N2S2. The third kappa shape index (κ3) is 2.86. The van der Waals surface area contributed by atoms with Crippen LogP contribution >= 0.6 is 23.6 Å². The van der Waals surface area contributed by atoms with Gasteiger partial charge < -0.3 is 10.6 Å². The van der Waals surface area contributed by atoms with Gasteiger partial charge >= 0.3 is 0 Å². The second-order valence-corrected chi connectivity index (χ2v) is 6.80. The van der Waals surface area contributed by atoms with Gasteiger partial charge in [-0.2, -0.15) is 0 Å². The van der Waals surface area contributed by atoms with Crippen molar-refractivity contribution in [2.24, 2.45) is 5.73 Å². The molecule has 1 aliphatic carbocycles. The van der Waals surface area contributed by atoms with E-state index >= 15 is 0 Å². The number of hydrogen-bond acceptors (Lipinski definition) is 3.